The molecule has 1 aliphatic rings. The highest BCUT2D eigenvalue weighted by atomic mass is 32.1. The molecule has 0 saturated carbocycles. The van der Waals surface area contributed by atoms with Gasteiger partial charge < -0.3 is 10.1 Å². The number of thiazole rings is 1. The highest BCUT2D eigenvalue weighted by molar-refractivity contribution is 7.11. The van der Waals surface area contributed by atoms with Crippen LogP contribution in [0.15, 0.2) is 6.20 Å². The van der Waals surface area contributed by atoms with Crippen LogP contribution in [0.25, 0.3) is 0 Å². The molecular formula is C11H18N2OS. The minimum Gasteiger partial charge on any atom is -0.381 e. The first kappa shape index (κ1) is 11.0. The number of aromatic nitrogens is 1. The van der Waals surface area contributed by atoms with Crippen LogP contribution in [-0.2, 0) is 11.3 Å². The van der Waals surface area contributed by atoms with Gasteiger partial charge in [-0.2, -0.15) is 0 Å². The first-order valence-corrected chi connectivity index (χ1v) is 6.30. The summed E-state index contributed by atoms with van der Waals surface area (Å²) in [5, 5.41) is 4.69. The Kier molecular flexibility index (Phi) is 3.72. The van der Waals surface area contributed by atoms with E-state index in [4.69, 9.17) is 4.74 Å². The molecule has 3 nitrogen and oxygen atoms in total. The van der Waals surface area contributed by atoms with Gasteiger partial charge in [-0.15, -0.1) is 11.3 Å². The minimum atomic E-state index is 0.537. The second-order valence-electron chi connectivity index (χ2n) is 4.14. The molecule has 2 atom stereocenters. The Morgan fingerprint density at radius 2 is 2.60 bits per heavy atom. The Morgan fingerprint density at radius 1 is 1.73 bits per heavy atom. The highest BCUT2D eigenvalue weighted by Crippen LogP contribution is 2.17. The van der Waals surface area contributed by atoms with E-state index in [0.717, 1.165) is 24.8 Å². The summed E-state index contributed by atoms with van der Waals surface area (Å²) in [6.07, 6.45) is 3.15. The molecule has 0 bridgehead atoms. The molecule has 15 heavy (non-hydrogen) atoms. The van der Waals surface area contributed by atoms with E-state index in [9.17, 15) is 0 Å². The Morgan fingerprint density at radius 3 is 3.20 bits per heavy atom. The van der Waals surface area contributed by atoms with Crippen molar-refractivity contribution in [3.05, 3.63) is 16.1 Å². The number of hydrogen-bond acceptors (Lipinski definition) is 4. The number of rotatable bonds is 4. The van der Waals surface area contributed by atoms with Crippen LogP contribution < -0.4 is 5.32 Å². The average molecular weight is 226 g/mol. The average Bonchev–Trinajstić information content (AvgIpc) is 2.84. The van der Waals surface area contributed by atoms with Crippen LogP contribution >= 0.6 is 11.3 Å². The summed E-state index contributed by atoms with van der Waals surface area (Å²) in [6.45, 7) is 7.06. The van der Waals surface area contributed by atoms with Crippen molar-refractivity contribution in [3.8, 4) is 0 Å². The largest absolute Gasteiger partial charge is 0.381 e. The molecule has 2 unspecified atom stereocenters. The number of aryl methyl sites for hydroxylation is 1. The van der Waals surface area contributed by atoms with Crippen LogP contribution in [0.2, 0.25) is 0 Å². The molecule has 0 spiro atoms. The van der Waals surface area contributed by atoms with Crippen molar-refractivity contribution in [2.75, 3.05) is 13.2 Å². The summed E-state index contributed by atoms with van der Waals surface area (Å²) in [7, 11) is 0. The molecule has 2 heterocycles. The van der Waals surface area contributed by atoms with Crippen molar-refractivity contribution >= 4 is 11.3 Å². The van der Waals surface area contributed by atoms with Gasteiger partial charge in [-0.05, 0) is 26.2 Å². The first-order valence-electron chi connectivity index (χ1n) is 5.48. The maximum Gasteiger partial charge on any atom is 0.0897 e. The fourth-order valence-corrected chi connectivity index (χ4v) is 2.61. The summed E-state index contributed by atoms with van der Waals surface area (Å²) in [6, 6.07) is 0.537. The van der Waals surface area contributed by atoms with Gasteiger partial charge in [-0.1, -0.05) is 0 Å². The fraction of sp³-hybridized carbons (Fsp3) is 0.727. The molecule has 0 aromatic carbocycles. The molecule has 1 fully saturated rings. The standard InChI is InChI=1S/C11H18N2OS/c1-8(10-3-4-14-7-10)12-5-11-6-13-9(2)15-11/h6,8,10,12H,3-5,7H2,1-2H3. The van der Waals surface area contributed by atoms with Crippen LogP contribution in [0.4, 0.5) is 0 Å². The summed E-state index contributed by atoms with van der Waals surface area (Å²) in [5.41, 5.74) is 0. The SMILES string of the molecule is Cc1ncc(CNC(C)C2CCOC2)s1. The van der Waals surface area contributed by atoms with Crippen molar-refractivity contribution in [2.45, 2.75) is 32.9 Å². The maximum atomic E-state index is 5.38. The lowest BCUT2D eigenvalue weighted by molar-refractivity contribution is 0.178. The molecular weight excluding hydrogens is 208 g/mol. The summed E-state index contributed by atoms with van der Waals surface area (Å²) >= 11 is 1.77. The molecule has 1 saturated heterocycles. The van der Waals surface area contributed by atoms with E-state index in [1.54, 1.807) is 11.3 Å². The van der Waals surface area contributed by atoms with E-state index < -0.39 is 0 Å². The molecule has 1 N–H and O–H groups in total. The van der Waals surface area contributed by atoms with Gasteiger partial charge in [-0.25, -0.2) is 4.98 Å². The van der Waals surface area contributed by atoms with Crippen molar-refractivity contribution in [2.24, 2.45) is 5.92 Å². The third-order valence-electron chi connectivity index (χ3n) is 2.94. The summed E-state index contributed by atoms with van der Waals surface area (Å²) < 4.78 is 5.38. The van der Waals surface area contributed by atoms with Crippen molar-refractivity contribution in [3.63, 3.8) is 0 Å². The number of hydrogen-bond donors (Lipinski definition) is 1. The van der Waals surface area contributed by atoms with Gasteiger partial charge in [0, 0.05) is 30.3 Å². The molecule has 4 heteroatoms. The summed E-state index contributed by atoms with van der Waals surface area (Å²) in [4.78, 5) is 5.56. The van der Waals surface area contributed by atoms with Crippen LogP contribution in [-0.4, -0.2) is 24.2 Å². The monoisotopic (exact) mass is 226 g/mol. The molecule has 0 radical (unpaired) electrons. The van der Waals surface area contributed by atoms with E-state index in [2.05, 4.69) is 17.2 Å². The lowest BCUT2D eigenvalue weighted by atomic mass is 10.0. The summed E-state index contributed by atoms with van der Waals surface area (Å²) in [5.74, 6) is 0.680. The van der Waals surface area contributed by atoms with Gasteiger partial charge in [0.1, 0.15) is 0 Å². The second-order valence-corrected chi connectivity index (χ2v) is 5.46. The van der Waals surface area contributed by atoms with Crippen LogP contribution in [0.3, 0.4) is 0 Å². The smallest absolute Gasteiger partial charge is 0.0897 e. The van der Waals surface area contributed by atoms with Gasteiger partial charge in [0.2, 0.25) is 0 Å². The first-order chi connectivity index (χ1) is 7.25. The Labute approximate surface area is 94.9 Å². The van der Waals surface area contributed by atoms with E-state index in [-0.39, 0.29) is 0 Å². The van der Waals surface area contributed by atoms with E-state index in [0.29, 0.717) is 12.0 Å². The third-order valence-corrected chi connectivity index (χ3v) is 3.85. The lowest BCUT2D eigenvalue weighted by Crippen LogP contribution is -2.33. The van der Waals surface area contributed by atoms with Gasteiger partial charge >= 0.3 is 0 Å². The van der Waals surface area contributed by atoms with E-state index >= 15 is 0 Å². The van der Waals surface area contributed by atoms with Gasteiger partial charge in [0.15, 0.2) is 0 Å². The highest BCUT2D eigenvalue weighted by Gasteiger charge is 2.21. The topological polar surface area (TPSA) is 34.2 Å². The molecule has 0 aliphatic carbocycles. The Balaban J connectivity index is 1.77. The predicted octanol–water partition coefficient (Wildman–Crippen LogP) is 1.97. The van der Waals surface area contributed by atoms with Gasteiger partial charge in [0.25, 0.3) is 0 Å². The zero-order chi connectivity index (χ0) is 10.7. The van der Waals surface area contributed by atoms with Crippen molar-refractivity contribution in [1.29, 1.82) is 0 Å². The molecule has 1 aromatic rings. The normalized spacial score (nSPS) is 23.2. The number of nitrogens with one attached hydrogen (secondary N) is 1. The van der Waals surface area contributed by atoms with Gasteiger partial charge in [-0.3, -0.25) is 0 Å². The predicted molar refractivity (Wildman–Crippen MR) is 62.1 cm³/mol. The Hall–Kier alpha value is -0.450. The molecule has 1 aromatic heterocycles. The van der Waals surface area contributed by atoms with Crippen molar-refractivity contribution in [1.82, 2.24) is 10.3 Å². The Bertz CT molecular complexity index is 307. The van der Waals surface area contributed by atoms with Crippen molar-refractivity contribution < 1.29 is 4.74 Å². The number of ether oxygens (including phenoxy) is 1. The quantitative estimate of drug-likeness (QED) is 0.852. The molecule has 0 amide bonds. The van der Waals surface area contributed by atoms with Crippen LogP contribution in [0.1, 0.15) is 23.2 Å². The third kappa shape index (κ3) is 3.00. The fourth-order valence-electron chi connectivity index (χ4n) is 1.86. The number of nitrogens with zero attached hydrogens (tertiary/aromatic N) is 1. The molecule has 2 rings (SSSR count). The van der Waals surface area contributed by atoms with Gasteiger partial charge in [0.05, 0.1) is 11.6 Å². The van der Waals surface area contributed by atoms with Crippen LogP contribution in [0, 0.1) is 12.8 Å². The van der Waals surface area contributed by atoms with Crippen LogP contribution in [0.5, 0.6) is 0 Å². The zero-order valence-electron chi connectivity index (χ0n) is 9.32. The lowest BCUT2D eigenvalue weighted by Gasteiger charge is -2.18. The van der Waals surface area contributed by atoms with E-state index in [1.807, 2.05) is 13.1 Å². The maximum absolute atomic E-state index is 5.38. The molecule has 84 valence electrons. The minimum absolute atomic E-state index is 0.537. The molecule has 1 aliphatic heterocycles. The van der Waals surface area contributed by atoms with E-state index in [1.165, 1.54) is 11.3 Å². The second kappa shape index (κ2) is 5.05. The zero-order valence-corrected chi connectivity index (χ0v) is 10.1.